The third kappa shape index (κ3) is 2.68. The average molecular weight is 229 g/mol. The molecule has 1 unspecified atom stereocenters. The van der Waals surface area contributed by atoms with Gasteiger partial charge in [-0.15, -0.1) is 0 Å². The molecule has 0 radical (unpaired) electrons. The molecular formula is C11H13F2NO2. The number of carboxylic acids is 1. The Morgan fingerprint density at radius 3 is 2.69 bits per heavy atom. The molecule has 1 aromatic carbocycles. The summed E-state index contributed by atoms with van der Waals surface area (Å²) < 4.78 is 26.7. The Morgan fingerprint density at radius 2 is 2.12 bits per heavy atom. The van der Waals surface area contributed by atoms with Gasteiger partial charge in [-0.05, 0) is 18.6 Å². The number of carboxylic acid groups (broad SMARTS) is 1. The summed E-state index contributed by atoms with van der Waals surface area (Å²) in [5.41, 5.74) is 0.0416. The molecule has 0 saturated heterocycles. The third-order valence-corrected chi connectivity index (χ3v) is 2.29. The minimum Gasteiger partial charge on any atom is -0.481 e. The first-order valence-electron chi connectivity index (χ1n) is 4.84. The van der Waals surface area contributed by atoms with Crippen molar-refractivity contribution in [1.29, 1.82) is 0 Å². The maximum absolute atomic E-state index is 13.5. The second-order valence-electron chi connectivity index (χ2n) is 3.67. The van der Waals surface area contributed by atoms with Crippen LogP contribution in [-0.2, 0) is 4.79 Å². The van der Waals surface area contributed by atoms with Crippen molar-refractivity contribution in [1.82, 2.24) is 0 Å². The predicted octanol–water partition coefficient (Wildman–Crippen LogP) is 2.41. The normalized spacial score (nSPS) is 12.2. The van der Waals surface area contributed by atoms with Gasteiger partial charge in [-0.2, -0.15) is 0 Å². The van der Waals surface area contributed by atoms with Crippen LogP contribution in [0.3, 0.4) is 0 Å². The summed E-state index contributed by atoms with van der Waals surface area (Å²) in [5, 5.41) is 11.1. The van der Waals surface area contributed by atoms with E-state index in [1.165, 1.54) is 19.9 Å². The van der Waals surface area contributed by atoms with Crippen LogP contribution < -0.4 is 5.32 Å². The van der Waals surface area contributed by atoms with Gasteiger partial charge in [-0.25, -0.2) is 8.78 Å². The molecule has 1 rings (SSSR count). The second kappa shape index (κ2) is 4.92. The highest BCUT2D eigenvalue weighted by Crippen LogP contribution is 2.21. The first kappa shape index (κ1) is 12.4. The van der Waals surface area contributed by atoms with Crippen molar-refractivity contribution in [3.05, 3.63) is 29.3 Å². The fraction of sp³-hybridized carbons (Fsp3) is 0.364. The van der Waals surface area contributed by atoms with E-state index in [4.69, 9.17) is 5.11 Å². The summed E-state index contributed by atoms with van der Waals surface area (Å²) in [4.78, 5) is 10.5. The van der Waals surface area contributed by atoms with Crippen molar-refractivity contribution in [2.24, 2.45) is 5.92 Å². The van der Waals surface area contributed by atoms with Crippen molar-refractivity contribution in [2.75, 3.05) is 11.9 Å². The van der Waals surface area contributed by atoms with Gasteiger partial charge >= 0.3 is 5.97 Å². The molecule has 0 bridgehead atoms. The molecular weight excluding hydrogens is 216 g/mol. The fourth-order valence-corrected chi connectivity index (χ4v) is 1.16. The number of benzene rings is 1. The van der Waals surface area contributed by atoms with Crippen molar-refractivity contribution in [3.63, 3.8) is 0 Å². The number of aliphatic carboxylic acids is 1. The van der Waals surface area contributed by atoms with Gasteiger partial charge in [0.25, 0.3) is 0 Å². The van der Waals surface area contributed by atoms with E-state index in [-0.39, 0.29) is 12.2 Å². The SMILES string of the molecule is Cc1ccc(F)c(NCC(C)C(=O)O)c1F. The molecule has 0 spiro atoms. The number of carbonyl (C=O) groups is 1. The first-order chi connectivity index (χ1) is 7.43. The highest BCUT2D eigenvalue weighted by molar-refractivity contribution is 5.70. The van der Waals surface area contributed by atoms with E-state index in [2.05, 4.69) is 5.32 Å². The Balaban J connectivity index is 2.81. The van der Waals surface area contributed by atoms with E-state index >= 15 is 0 Å². The van der Waals surface area contributed by atoms with E-state index < -0.39 is 23.5 Å². The van der Waals surface area contributed by atoms with Gasteiger partial charge in [0.15, 0.2) is 5.82 Å². The summed E-state index contributed by atoms with van der Waals surface area (Å²) in [6.45, 7) is 2.95. The molecule has 1 atom stereocenters. The number of hydrogen-bond donors (Lipinski definition) is 2. The fourth-order valence-electron chi connectivity index (χ4n) is 1.16. The molecule has 0 heterocycles. The molecule has 0 aliphatic rings. The minimum absolute atomic E-state index is 0.0212. The molecule has 0 saturated carbocycles. The van der Waals surface area contributed by atoms with Crippen LogP contribution >= 0.6 is 0 Å². The summed E-state index contributed by atoms with van der Waals surface area (Å²) in [7, 11) is 0. The second-order valence-corrected chi connectivity index (χ2v) is 3.67. The van der Waals surface area contributed by atoms with Crippen LogP contribution in [-0.4, -0.2) is 17.6 Å². The Labute approximate surface area is 92.1 Å². The minimum atomic E-state index is -1.01. The third-order valence-electron chi connectivity index (χ3n) is 2.29. The molecule has 0 fully saturated rings. The van der Waals surface area contributed by atoms with E-state index in [1.54, 1.807) is 0 Å². The summed E-state index contributed by atoms with van der Waals surface area (Å²) in [6.07, 6.45) is 0. The molecule has 2 N–H and O–H groups in total. The predicted molar refractivity (Wildman–Crippen MR) is 56.4 cm³/mol. The standard InChI is InChI=1S/C11H13F2NO2/c1-6-3-4-8(12)10(9(6)13)14-5-7(2)11(15)16/h3-4,7,14H,5H2,1-2H3,(H,15,16). The topological polar surface area (TPSA) is 49.3 Å². The number of hydrogen-bond acceptors (Lipinski definition) is 2. The molecule has 0 amide bonds. The lowest BCUT2D eigenvalue weighted by Gasteiger charge is -2.12. The summed E-state index contributed by atoms with van der Waals surface area (Å²) in [5.74, 6) is -3.13. The lowest BCUT2D eigenvalue weighted by Crippen LogP contribution is -2.20. The summed E-state index contributed by atoms with van der Waals surface area (Å²) in [6, 6.07) is 2.47. The zero-order valence-corrected chi connectivity index (χ0v) is 9.05. The molecule has 5 heteroatoms. The Morgan fingerprint density at radius 1 is 1.50 bits per heavy atom. The molecule has 1 aromatic rings. The van der Waals surface area contributed by atoms with Crippen LogP contribution in [0.1, 0.15) is 12.5 Å². The van der Waals surface area contributed by atoms with E-state index in [0.717, 1.165) is 6.07 Å². The van der Waals surface area contributed by atoms with E-state index in [9.17, 15) is 13.6 Å². The van der Waals surface area contributed by atoms with Gasteiger partial charge in [-0.3, -0.25) is 4.79 Å². The van der Waals surface area contributed by atoms with Crippen molar-refractivity contribution in [2.45, 2.75) is 13.8 Å². The van der Waals surface area contributed by atoms with Gasteiger partial charge in [0.1, 0.15) is 11.5 Å². The molecule has 0 aliphatic heterocycles. The molecule has 3 nitrogen and oxygen atoms in total. The number of anilines is 1. The molecule has 0 aromatic heterocycles. The van der Waals surface area contributed by atoms with E-state index in [1.807, 2.05) is 0 Å². The van der Waals surface area contributed by atoms with Crippen LogP contribution in [0.5, 0.6) is 0 Å². The molecule has 0 aliphatic carbocycles. The van der Waals surface area contributed by atoms with Gasteiger partial charge in [0, 0.05) is 6.54 Å². The number of aryl methyl sites for hydroxylation is 1. The van der Waals surface area contributed by atoms with Crippen molar-refractivity contribution < 1.29 is 18.7 Å². The van der Waals surface area contributed by atoms with Gasteiger partial charge in [0.05, 0.1) is 5.92 Å². The van der Waals surface area contributed by atoms with Crippen LogP contribution in [0, 0.1) is 24.5 Å². The van der Waals surface area contributed by atoms with Crippen molar-refractivity contribution >= 4 is 11.7 Å². The monoisotopic (exact) mass is 229 g/mol. The van der Waals surface area contributed by atoms with Gasteiger partial charge in [0.2, 0.25) is 0 Å². The maximum Gasteiger partial charge on any atom is 0.308 e. The lowest BCUT2D eigenvalue weighted by molar-refractivity contribution is -0.140. The number of rotatable bonds is 4. The Kier molecular flexibility index (Phi) is 3.82. The Bertz CT molecular complexity index is 407. The summed E-state index contributed by atoms with van der Waals surface area (Å²) >= 11 is 0. The zero-order valence-electron chi connectivity index (χ0n) is 9.05. The smallest absolute Gasteiger partial charge is 0.308 e. The largest absolute Gasteiger partial charge is 0.481 e. The molecule has 16 heavy (non-hydrogen) atoms. The van der Waals surface area contributed by atoms with Crippen LogP contribution in [0.15, 0.2) is 12.1 Å². The van der Waals surface area contributed by atoms with Crippen LogP contribution in [0.25, 0.3) is 0 Å². The number of halogens is 2. The highest BCUT2D eigenvalue weighted by Gasteiger charge is 2.15. The quantitative estimate of drug-likeness (QED) is 0.833. The van der Waals surface area contributed by atoms with E-state index in [0.29, 0.717) is 5.56 Å². The van der Waals surface area contributed by atoms with Crippen LogP contribution in [0.4, 0.5) is 14.5 Å². The average Bonchev–Trinajstić information content (AvgIpc) is 2.23. The van der Waals surface area contributed by atoms with Crippen molar-refractivity contribution in [3.8, 4) is 0 Å². The zero-order chi connectivity index (χ0) is 12.3. The molecule has 88 valence electrons. The first-order valence-corrected chi connectivity index (χ1v) is 4.84. The highest BCUT2D eigenvalue weighted by atomic mass is 19.1. The number of nitrogens with one attached hydrogen (secondary N) is 1. The maximum atomic E-state index is 13.5. The Hall–Kier alpha value is -1.65. The lowest BCUT2D eigenvalue weighted by atomic mass is 10.1. The van der Waals surface area contributed by atoms with Crippen LogP contribution in [0.2, 0.25) is 0 Å². The van der Waals surface area contributed by atoms with Gasteiger partial charge in [-0.1, -0.05) is 13.0 Å². The van der Waals surface area contributed by atoms with Gasteiger partial charge < -0.3 is 10.4 Å².